The van der Waals surface area contributed by atoms with Gasteiger partial charge in [0.2, 0.25) is 0 Å². The number of rotatable bonds is 4. The van der Waals surface area contributed by atoms with E-state index in [1.807, 2.05) is 0 Å². The normalized spacial score (nSPS) is 28.1. The first-order valence-electron chi connectivity index (χ1n) is 8.02. The number of hydrogen-bond donors (Lipinski definition) is 0. The molecule has 0 bridgehead atoms. The van der Waals surface area contributed by atoms with Crippen LogP contribution >= 0.6 is 0 Å². The highest BCUT2D eigenvalue weighted by Gasteiger charge is 2.34. The monoisotopic (exact) mass is 284 g/mol. The first-order valence-corrected chi connectivity index (χ1v) is 8.02. The highest BCUT2D eigenvalue weighted by Crippen LogP contribution is 2.33. The van der Waals surface area contributed by atoms with E-state index in [1.54, 1.807) is 0 Å². The fourth-order valence-corrected chi connectivity index (χ4v) is 3.76. The Hall–Kier alpha value is -1.45. The van der Waals surface area contributed by atoms with Crippen molar-refractivity contribution in [2.24, 2.45) is 5.92 Å². The molecule has 0 N–H and O–H groups in total. The number of hydrogen-bond acceptors (Lipinski definition) is 3. The van der Waals surface area contributed by atoms with Crippen LogP contribution in [0.5, 0.6) is 0 Å². The molecule has 3 nitrogen and oxygen atoms in total. The summed E-state index contributed by atoms with van der Waals surface area (Å²) in [6, 6.07) is 10.8. The maximum absolute atomic E-state index is 11.2. The SMILES string of the molecule is CC=C(c1ccccc1)C1CCN(N2CCC[C@H]2C=O)C1. The smallest absolute Gasteiger partial charge is 0.138 e. The van der Waals surface area contributed by atoms with E-state index < -0.39 is 0 Å². The molecule has 0 saturated carbocycles. The molecule has 2 fully saturated rings. The zero-order valence-corrected chi connectivity index (χ0v) is 12.7. The van der Waals surface area contributed by atoms with Crippen molar-refractivity contribution < 1.29 is 4.79 Å². The summed E-state index contributed by atoms with van der Waals surface area (Å²) in [7, 11) is 0. The first kappa shape index (κ1) is 14.5. The zero-order chi connectivity index (χ0) is 14.7. The Bertz CT molecular complexity index is 511. The van der Waals surface area contributed by atoms with Crippen LogP contribution < -0.4 is 0 Å². The second-order valence-electron chi connectivity index (χ2n) is 6.02. The van der Waals surface area contributed by atoms with Crippen LogP contribution in [0.3, 0.4) is 0 Å². The van der Waals surface area contributed by atoms with Crippen molar-refractivity contribution in [1.82, 2.24) is 10.0 Å². The van der Waals surface area contributed by atoms with Crippen molar-refractivity contribution in [2.45, 2.75) is 32.2 Å². The van der Waals surface area contributed by atoms with Crippen molar-refractivity contribution in [1.29, 1.82) is 0 Å². The van der Waals surface area contributed by atoms with Crippen molar-refractivity contribution in [3.63, 3.8) is 0 Å². The van der Waals surface area contributed by atoms with Crippen molar-refractivity contribution in [3.8, 4) is 0 Å². The van der Waals surface area contributed by atoms with Crippen LogP contribution in [-0.4, -0.2) is 42.0 Å². The summed E-state index contributed by atoms with van der Waals surface area (Å²) in [6.45, 7) is 5.28. The summed E-state index contributed by atoms with van der Waals surface area (Å²) < 4.78 is 0. The highest BCUT2D eigenvalue weighted by atomic mass is 16.1. The summed E-state index contributed by atoms with van der Waals surface area (Å²) in [6.07, 6.45) is 6.70. The number of benzene rings is 1. The van der Waals surface area contributed by atoms with E-state index in [2.05, 4.69) is 53.3 Å². The second kappa shape index (κ2) is 6.54. The third-order valence-corrected chi connectivity index (χ3v) is 4.82. The number of allylic oxidation sites excluding steroid dienone is 1. The molecule has 0 amide bonds. The topological polar surface area (TPSA) is 23.6 Å². The highest BCUT2D eigenvalue weighted by molar-refractivity contribution is 5.67. The second-order valence-corrected chi connectivity index (χ2v) is 6.02. The molecular formula is C18H24N2O. The molecule has 0 aliphatic carbocycles. The quantitative estimate of drug-likeness (QED) is 0.794. The van der Waals surface area contributed by atoms with E-state index in [4.69, 9.17) is 0 Å². The number of carbonyl (C=O) groups excluding carboxylic acids is 1. The van der Waals surface area contributed by atoms with Gasteiger partial charge < -0.3 is 4.79 Å². The predicted molar refractivity (Wildman–Crippen MR) is 85.6 cm³/mol. The Balaban J connectivity index is 1.70. The van der Waals surface area contributed by atoms with Crippen molar-refractivity contribution in [2.75, 3.05) is 19.6 Å². The molecule has 2 atom stereocenters. The number of hydrazine groups is 1. The lowest BCUT2D eigenvalue weighted by Crippen LogP contribution is -2.44. The first-order chi connectivity index (χ1) is 10.3. The van der Waals surface area contributed by atoms with E-state index in [-0.39, 0.29) is 6.04 Å². The Morgan fingerprint density at radius 3 is 2.71 bits per heavy atom. The maximum Gasteiger partial charge on any atom is 0.138 e. The van der Waals surface area contributed by atoms with E-state index in [0.29, 0.717) is 5.92 Å². The van der Waals surface area contributed by atoms with Gasteiger partial charge in [0.25, 0.3) is 0 Å². The van der Waals surface area contributed by atoms with E-state index in [9.17, 15) is 4.79 Å². The van der Waals surface area contributed by atoms with Crippen LogP contribution in [0.15, 0.2) is 36.4 Å². The number of aldehydes is 1. The van der Waals surface area contributed by atoms with Gasteiger partial charge in [-0.25, -0.2) is 10.0 Å². The fourth-order valence-electron chi connectivity index (χ4n) is 3.76. The number of carbonyl (C=O) groups is 1. The van der Waals surface area contributed by atoms with E-state index in [1.165, 1.54) is 17.6 Å². The Morgan fingerprint density at radius 2 is 2.00 bits per heavy atom. The molecule has 2 aliphatic heterocycles. The van der Waals surface area contributed by atoms with E-state index in [0.717, 1.165) is 38.8 Å². The van der Waals surface area contributed by atoms with Gasteiger partial charge in [-0.05, 0) is 43.2 Å². The maximum atomic E-state index is 11.2. The lowest BCUT2D eigenvalue weighted by Gasteiger charge is -2.31. The van der Waals surface area contributed by atoms with Gasteiger partial charge >= 0.3 is 0 Å². The molecule has 0 radical (unpaired) electrons. The van der Waals surface area contributed by atoms with Crippen LogP contribution in [-0.2, 0) is 4.79 Å². The molecule has 2 heterocycles. The zero-order valence-electron chi connectivity index (χ0n) is 12.7. The molecule has 0 spiro atoms. The minimum absolute atomic E-state index is 0.106. The molecule has 2 saturated heterocycles. The van der Waals surface area contributed by atoms with Crippen LogP contribution in [0, 0.1) is 5.92 Å². The average Bonchev–Trinajstić information content (AvgIpc) is 3.17. The Kier molecular flexibility index (Phi) is 4.51. The van der Waals surface area contributed by atoms with Gasteiger partial charge in [-0.2, -0.15) is 0 Å². The van der Waals surface area contributed by atoms with Crippen LogP contribution in [0.25, 0.3) is 5.57 Å². The molecule has 0 aromatic heterocycles. The molecule has 1 aromatic rings. The predicted octanol–water partition coefficient (Wildman–Crippen LogP) is 2.99. The van der Waals surface area contributed by atoms with Gasteiger partial charge in [0.1, 0.15) is 6.29 Å². The summed E-state index contributed by atoms with van der Waals surface area (Å²) in [5.41, 5.74) is 2.78. The van der Waals surface area contributed by atoms with Crippen LogP contribution in [0.1, 0.15) is 31.7 Å². The third kappa shape index (κ3) is 2.94. The summed E-state index contributed by atoms with van der Waals surface area (Å²) in [5, 5.41) is 4.70. The Morgan fingerprint density at radius 1 is 1.19 bits per heavy atom. The molecule has 1 unspecified atom stereocenters. The summed E-state index contributed by atoms with van der Waals surface area (Å²) >= 11 is 0. The lowest BCUT2D eigenvalue weighted by atomic mass is 9.92. The van der Waals surface area contributed by atoms with Gasteiger partial charge in [0.15, 0.2) is 0 Å². The molecule has 112 valence electrons. The molecule has 2 aliphatic rings. The minimum Gasteiger partial charge on any atom is -0.302 e. The lowest BCUT2D eigenvalue weighted by molar-refractivity contribution is -0.117. The third-order valence-electron chi connectivity index (χ3n) is 4.82. The largest absolute Gasteiger partial charge is 0.302 e. The van der Waals surface area contributed by atoms with Gasteiger partial charge in [0, 0.05) is 19.6 Å². The molecule has 1 aromatic carbocycles. The fraction of sp³-hybridized carbons (Fsp3) is 0.500. The molecule has 21 heavy (non-hydrogen) atoms. The summed E-state index contributed by atoms with van der Waals surface area (Å²) in [5.74, 6) is 0.574. The van der Waals surface area contributed by atoms with E-state index >= 15 is 0 Å². The molecule has 3 rings (SSSR count). The average molecular weight is 284 g/mol. The standard InChI is InChI=1S/C18H24N2O/c1-2-18(15-7-4-3-5-8-15)16-10-12-19(13-16)20-11-6-9-17(20)14-21/h2-5,7-8,14,16-17H,6,9-13H2,1H3/t16?,17-/m0/s1. The van der Waals surface area contributed by atoms with Gasteiger partial charge in [-0.1, -0.05) is 36.4 Å². The van der Waals surface area contributed by atoms with Crippen molar-refractivity contribution in [3.05, 3.63) is 42.0 Å². The van der Waals surface area contributed by atoms with Crippen molar-refractivity contribution >= 4 is 11.9 Å². The van der Waals surface area contributed by atoms with Crippen LogP contribution in [0.2, 0.25) is 0 Å². The molecule has 3 heteroatoms. The minimum atomic E-state index is 0.106. The van der Waals surface area contributed by atoms with Crippen LogP contribution in [0.4, 0.5) is 0 Å². The molecular weight excluding hydrogens is 260 g/mol. The van der Waals surface area contributed by atoms with Gasteiger partial charge in [0.05, 0.1) is 6.04 Å². The van der Waals surface area contributed by atoms with Gasteiger partial charge in [-0.15, -0.1) is 0 Å². The van der Waals surface area contributed by atoms with Gasteiger partial charge in [-0.3, -0.25) is 0 Å². The summed E-state index contributed by atoms with van der Waals surface area (Å²) in [4.78, 5) is 11.2. The Labute approximate surface area is 127 Å². The number of nitrogens with zero attached hydrogens (tertiary/aromatic N) is 2.